The summed E-state index contributed by atoms with van der Waals surface area (Å²) in [6, 6.07) is 12.7. The van der Waals surface area contributed by atoms with Gasteiger partial charge in [0, 0.05) is 11.0 Å². The highest BCUT2D eigenvalue weighted by Crippen LogP contribution is 2.24. The molecule has 1 heterocycles. The Bertz CT molecular complexity index is 713. The smallest absolute Gasteiger partial charge is 0.244 e. The molecular weight excluding hydrogens is 296 g/mol. The van der Waals surface area contributed by atoms with Crippen LogP contribution in [0.5, 0.6) is 0 Å². The molecule has 0 saturated carbocycles. The lowest BCUT2D eigenvalue weighted by Crippen LogP contribution is -2.37. The first-order valence-electron chi connectivity index (χ1n) is 6.74. The Morgan fingerprint density at radius 2 is 2.27 bits per heavy atom. The number of carbonyl (C=O) groups is 1. The number of carbonyl (C=O) groups excluding carboxylic acids is 1. The van der Waals surface area contributed by atoms with Crippen LogP contribution in [0.4, 0.5) is 0 Å². The third-order valence-corrected chi connectivity index (χ3v) is 4.22. The van der Waals surface area contributed by atoms with Gasteiger partial charge in [0.25, 0.3) is 0 Å². The molecule has 112 valence electrons. The average molecular weight is 312 g/mol. The number of nitriles is 1. The largest absolute Gasteiger partial charge is 0.383 e. The van der Waals surface area contributed by atoms with Crippen molar-refractivity contribution in [3.05, 3.63) is 63.9 Å². The maximum Gasteiger partial charge on any atom is 0.244 e. The molecule has 2 rings (SSSR count). The second kappa shape index (κ2) is 7.03. The Kier molecular flexibility index (Phi) is 5.10. The van der Waals surface area contributed by atoms with Crippen LogP contribution in [-0.4, -0.2) is 17.6 Å². The number of nitrogens with one attached hydrogen (secondary N) is 1. The van der Waals surface area contributed by atoms with Gasteiger partial charge in [-0.05, 0) is 42.1 Å². The van der Waals surface area contributed by atoms with Crippen molar-refractivity contribution in [1.82, 2.24) is 5.32 Å². The van der Waals surface area contributed by atoms with Crippen LogP contribution >= 0.6 is 11.3 Å². The van der Waals surface area contributed by atoms with E-state index in [-0.39, 0.29) is 12.5 Å². The molecule has 0 saturated heterocycles. The summed E-state index contributed by atoms with van der Waals surface area (Å²) in [5.74, 6) is -0.292. The fourth-order valence-electron chi connectivity index (χ4n) is 1.87. The van der Waals surface area contributed by atoms with Crippen molar-refractivity contribution in [2.24, 2.45) is 0 Å². The van der Waals surface area contributed by atoms with E-state index in [1.54, 1.807) is 31.2 Å². The molecule has 0 bridgehead atoms. The second-order valence-electron chi connectivity index (χ2n) is 5.04. The van der Waals surface area contributed by atoms with E-state index in [9.17, 15) is 9.90 Å². The Balaban J connectivity index is 1.93. The van der Waals surface area contributed by atoms with Crippen LogP contribution in [0.25, 0.3) is 6.08 Å². The van der Waals surface area contributed by atoms with Crippen molar-refractivity contribution >= 4 is 23.3 Å². The monoisotopic (exact) mass is 312 g/mol. The van der Waals surface area contributed by atoms with Gasteiger partial charge < -0.3 is 10.4 Å². The van der Waals surface area contributed by atoms with Crippen LogP contribution in [0.2, 0.25) is 0 Å². The highest BCUT2D eigenvalue weighted by atomic mass is 32.1. The first-order valence-corrected chi connectivity index (χ1v) is 7.62. The topological polar surface area (TPSA) is 73.1 Å². The zero-order chi connectivity index (χ0) is 16.0. The van der Waals surface area contributed by atoms with E-state index in [0.717, 1.165) is 10.4 Å². The minimum Gasteiger partial charge on any atom is -0.383 e. The van der Waals surface area contributed by atoms with E-state index >= 15 is 0 Å². The molecule has 0 aliphatic carbocycles. The predicted octanol–water partition coefficient (Wildman–Crippen LogP) is 2.66. The zero-order valence-corrected chi connectivity index (χ0v) is 12.9. The van der Waals surface area contributed by atoms with E-state index < -0.39 is 5.60 Å². The number of rotatable bonds is 5. The molecule has 0 aliphatic heterocycles. The van der Waals surface area contributed by atoms with E-state index in [2.05, 4.69) is 5.32 Å². The van der Waals surface area contributed by atoms with Gasteiger partial charge in [0.1, 0.15) is 5.60 Å². The maximum atomic E-state index is 11.8. The van der Waals surface area contributed by atoms with Gasteiger partial charge in [-0.25, -0.2) is 0 Å². The Morgan fingerprint density at radius 3 is 2.95 bits per heavy atom. The molecule has 5 heteroatoms. The molecule has 4 nitrogen and oxygen atoms in total. The SMILES string of the molecule is CC(O)(CNC(=O)C=Cc1cccc(C#N)c1)c1cccs1. The normalized spacial score (nSPS) is 13.5. The average Bonchev–Trinajstić information content (AvgIpc) is 3.06. The zero-order valence-electron chi connectivity index (χ0n) is 12.1. The van der Waals surface area contributed by atoms with Gasteiger partial charge in [0.2, 0.25) is 5.91 Å². The van der Waals surface area contributed by atoms with E-state index in [4.69, 9.17) is 5.26 Å². The summed E-state index contributed by atoms with van der Waals surface area (Å²) in [6.07, 6.45) is 3.02. The van der Waals surface area contributed by atoms with Crippen molar-refractivity contribution in [1.29, 1.82) is 5.26 Å². The molecule has 2 aromatic rings. The number of amides is 1. The number of nitrogens with zero attached hydrogens (tertiary/aromatic N) is 1. The molecule has 1 atom stereocenters. The molecule has 1 amide bonds. The van der Waals surface area contributed by atoms with Gasteiger partial charge in [-0.1, -0.05) is 18.2 Å². The van der Waals surface area contributed by atoms with Crippen LogP contribution < -0.4 is 5.32 Å². The molecule has 0 fully saturated rings. The third kappa shape index (κ3) is 4.29. The highest BCUT2D eigenvalue weighted by Gasteiger charge is 2.24. The predicted molar refractivity (Wildman–Crippen MR) is 87.1 cm³/mol. The first kappa shape index (κ1) is 16.0. The summed E-state index contributed by atoms with van der Waals surface area (Å²) >= 11 is 1.45. The quantitative estimate of drug-likeness (QED) is 0.834. The lowest BCUT2D eigenvalue weighted by Gasteiger charge is -2.21. The summed E-state index contributed by atoms with van der Waals surface area (Å²) in [7, 11) is 0. The van der Waals surface area contributed by atoms with Gasteiger partial charge in [-0.15, -0.1) is 11.3 Å². The summed E-state index contributed by atoms with van der Waals surface area (Å²) < 4.78 is 0. The molecule has 2 N–H and O–H groups in total. The summed E-state index contributed by atoms with van der Waals surface area (Å²) in [6.45, 7) is 1.80. The van der Waals surface area contributed by atoms with Crippen LogP contribution in [0, 0.1) is 11.3 Å². The van der Waals surface area contributed by atoms with Crippen LogP contribution in [0.3, 0.4) is 0 Å². The van der Waals surface area contributed by atoms with Crippen LogP contribution in [0.15, 0.2) is 47.9 Å². The van der Waals surface area contributed by atoms with Crippen molar-refractivity contribution < 1.29 is 9.90 Å². The van der Waals surface area contributed by atoms with Crippen LogP contribution in [-0.2, 0) is 10.4 Å². The molecule has 1 aromatic heterocycles. The molecule has 1 unspecified atom stereocenters. The molecule has 0 aliphatic rings. The Hall–Kier alpha value is -2.42. The van der Waals surface area contributed by atoms with Crippen molar-refractivity contribution in [2.75, 3.05) is 6.54 Å². The van der Waals surface area contributed by atoms with Gasteiger partial charge in [0.15, 0.2) is 0 Å². The van der Waals surface area contributed by atoms with Crippen molar-refractivity contribution in [2.45, 2.75) is 12.5 Å². The van der Waals surface area contributed by atoms with Crippen molar-refractivity contribution in [3.8, 4) is 6.07 Å². The fraction of sp³-hybridized carbons (Fsp3) is 0.176. The standard InChI is InChI=1S/C17H16N2O2S/c1-17(21,15-6-3-9-22-15)12-19-16(20)8-7-13-4-2-5-14(10-13)11-18/h2-10,21H,12H2,1H3,(H,19,20). The number of thiophene rings is 1. The van der Waals surface area contributed by atoms with Crippen molar-refractivity contribution in [3.63, 3.8) is 0 Å². The fourth-order valence-corrected chi connectivity index (χ4v) is 2.66. The number of hydrogen-bond donors (Lipinski definition) is 2. The first-order chi connectivity index (χ1) is 10.5. The van der Waals surface area contributed by atoms with E-state index in [0.29, 0.717) is 5.56 Å². The molecule has 0 spiro atoms. The summed E-state index contributed by atoms with van der Waals surface area (Å²) in [5, 5.41) is 23.7. The lowest BCUT2D eigenvalue weighted by molar-refractivity contribution is -0.117. The number of benzene rings is 1. The lowest BCUT2D eigenvalue weighted by atomic mass is 10.1. The minimum atomic E-state index is -1.08. The second-order valence-corrected chi connectivity index (χ2v) is 5.99. The van der Waals surface area contributed by atoms with Gasteiger partial charge in [0.05, 0.1) is 18.2 Å². The molecular formula is C17H16N2O2S. The molecule has 0 radical (unpaired) electrons. The Morgan fingerprint density at radius 1 is 1.45 bits per heavy atom. The van der Waals surface area contributed by atoms with E-state index in [1.165, 1.54) is 17.4 Å². The van der Waals surface area contributed by atoms with Crippen LogP contribution in [0.1, 0.15) is 22.9 Å². The third-order valence-electron chi connectivity index (χ3n) is 3.10. The van der Waals surface area contributed by atoms with E-state index in [1.807, 2.05) is 29.6 Å². The highest BCUT2D eigenvalue weighted by molar-refractivity contribution is 7.10. The number of hydrogen-bond acceptors (Lipinski definition) is 4. The number of aliphatic hydroxyl groups is 1. The summed E-state index contributed by atoms with van der Waals surface area (Å²) in [4.78, 5) is 12.6. The van der Waals surface area contributed by atoms with Gasteiger partial charge in [-0.3, -0.25) is 4.79 Å². The minimum absolute atomic E-state index is 0.134. The van der Waals surface area contributed by atoms with Gasteiger partial charge in [-0.2, -0.15) is 5.26 Å². The Labute approximate surface area is 133 Å². The molecule has 1 aromatic carbocycles. The summed E-state index contributed by atoms with van der Waals surface area (Å²) in [5.41, 5.74) is 0.237. The van der Waals surface area contributed by atoms with Gasteiger partial charge >= 0.3 is 0 Å². The molecule has 22 heavy (non-hydrogen) atoms. The maximum absolute atomic E-state index is 11.8.